The van der Waals surface area contributed by atoms with E-state index in [0.717, 1.165) is 25.1 Å². The zero-order chi connectivity index (χ0) is 12.1. The highest BCUT2D eigenvalue weighted by Crippen LogP contribution is 2.20. The van der Waals surface area contributed by atoms with Gasteiger partial charge < -0.3 is 5.32 Å². The highest BCUT2D eigenvalue weighted by molar-refractivity contribution is 5.96. The Bertz CT molecular complexity index is 361. The molecule has 1 aliphatic rings. The van der Waals surface area contributed by atoms with Crippen LogP contribution < -0.4 is 5.32 Å². The summed E-state index contributed by atoms with van der Waals surface area (Å²) in [5.41, 5.74) is 2.08. The summed E-state index contributed by atoms with van der Waals surface area (Å²) in [4.78, 5) is 12.1. The minimum atomic E-state index is 0.303. The fourth-order valence-electron chi connectivity index (χ4n) is 2.41. The second-order valence-corrected chi connectivity index (χ2v) is 5.04. The molecule has 1 atom stereocenters. The summed E-state index contributed by atoms with van der Waals surface area (Å²) in [5.74, 6) is 0.871. The molecule has 2 nitrogen and oxygen atoms in total. The lowest BCUT2D eigenvalue weighted by Gasteiger charge is -2.12. The molecule has 17 heavy (non-hydrogen) atoms. The van der Waals surface area contributed by atoms with E-state index in [-0.39, 0.29) is 0 Å². The second-order valence-electron chi connectivity index (χ2n) is 5.04. The first-order valence-corrected chi connectivity index (χ1v) is 6.56. The van der Waals surface area contributed by atoms with Gasteiger partial charge in [0, 0.05) is 12.0 Å². The summed E-state index contributed by atoms with van der Waals surface area (Å²) >= 11 is 0. The molecule has 1 saturated heterocycles. The molecule has 1 aromatic rings. The van der Waals surface area contributed by atoms with Gasteiger partial charge in [-0.25, -0.2) is 0 Å². The lowest BCUT2D eigenvalue weighted by atomic mass is 9.92. The van der Waals surface area contributed by atoms with Crippen LogP contribution in [0.2, 0.25) is 0 Å². The van der Waals surface area contributed by atoms with Crippen molar-refractivity contribution in [1.29, 1.82) is 0 Å². The SMILES string of the molecule is Cc1ccc(C(=O)CC2CCCNCC2)cc1. The maximum atomic E-state index is 12.1. The number of carbonyl (C=O) groups is 1. The number of ketones is 1. The molecule has 0 amide bonds. The number of carbonyl (C=O) groups excluding carboxylic acids is 1. The van der Waals surface area contributed by atoms with Gasteiger partial charge in [0.2, 0.25) is 0 Å². The normalized spacial score (nSPS) is 20.9. The predicted octanol–water partition coefficient (Wildman–Crippen LogP) is 2.96. The van der Waals surface area contributed by atoms with Crippen molar-refractivity contribution in [3.05, 3.63) is 35.4 Å². The third-order valence-corrected chi connectivity index (χ3v) is 3.54. The van der Waals surface area contributed by atoms with Gasteiger partial charge in [-0.2, -0.15) is 0 Å². The summed E-state index contributed by atoms with van der Waals surface area (Å²) in [5, 5.41) is 3.39. The molecule has 1 N–H and O–H groups in total. The summed E-state index contributed by atoms with van der Waals surface area (Å²) in [7, 11) is 0. The molecule has 0 bridgehead atoms. The molecule has 0 radical (unpaired) electrons. The van der Waals surface area contributed by atoms with Crippen molar-refractivity contribution < 1.29 is 4.79 Å². The largest absolute Gasteiger partial charge is 0.317 e. The van der Waals surface area contributed by atoms with Gasteiger partial charge in [0.05, 0.1) is 0 Å². The van der Waals surface area contributed by atoms with Gasteiger partial charge in [0.1, 0.15) is 0 Å². The fourth-order valence-corrected chi connectivity index (χ4v) is 2.41. The van der Waals surface area contributed by atoms with Crippen LogP contribution >= 0.6 is 0 Å². The van der Waals surface area contributed by atoms with Gasteiger partial charge in [-0.3, -0.25) is 4.79 Å². The lowest BCUT2D eigenvalue weighted by Crippen LogP contribution is -2.15. The number of aryl methyl sites for hydroxylation is 1. The molecule has 0 aliphatic carbocycles. The molecule has 1 aliphatic heterocycles. The molecule has 92 valence electrons. The van der Waals surface area contributed by atoms with Crippen LogP contribution in [0.25, 0.3) is 0 Å². The van der Waals surface area contributed by atoms with Crippen LogP contribution in [0.1, 0.15) is 41.6 Å². The Labute approximate surface area is 103 Å². The Balaban J connectivity index is 1.93. The Hall–Kier alpha value is -1.15. The van der Waals surface area contributed by atoms with E-state index in [1.165, 1.54) is 18.4 Å². The Morgan fingerprint density at radius 1 is 1.24 bits per heavy atom. The molecule has 1 fully saturated rings. The number of nitrogens with one attached hydrogen (secondary N) is 1. The van der Waals surface area contributed by atoms with E-state index >= 15 is 0 Å². The molecule has 1 aromatic carbocycles. The highest BCUT2D eigenvalue weighted by Gasteiger charge is 2.16. The second kappa shape index (κ2) is 5.97. The van der Waals surface area contributed by atoms with E-state index in [0.29, 0.717) is 18.1 Å². The highest BCUT2D eigenvalue weighted by atomic mass is 16.1. The number of rotatable bonds is 3. The number of hydrogen-bond donors (Lipinski definition) is 1. The van der Waals surface area contributed by atoms with Gasteiger partial charge in [-0.1, -0.05) is 29.8 Å². The summed E-state index contributed by atoms with van der Waals surface area (Å²) in [6, 6.07) is 7.93. The van der Waals surface area contributed by atoms with Crippen molar-refractivity contribution in [1.82, 2.24) is 5.32 Å². The first-order chi connectivity index (χ1) is 8.25. The Morgan fingerprint density at radius 3 is 2.76 bits per heavy atom. The lowest BCUT2D eigenvalue weighted by molar-refractivity contribution is 0.0958. The van der Waals surface area contributed by atoms with Crippen molar-refractivity contribution >= 4 is 5.78 Å². The van der Waals surface area contributed by atoms with Crippen LogP contribution in [-0.4, -0.2) is 18.9 Å². The van der Waals surface area contributed by atoms with Crippen LogP contribution in [0, 0.1) is 12.8 Å². The molecule has 1 heterocycles. The minimum absolute atomic E-state index is 0.303. The zero-order valence-corrected chi connectivity index (χ0v) is 10.5. The van der Waals surface area contributed by atoms with Crippen LogP contribution in [0.15, 0.2) is 24.3 Å². The molecule has 2 rings (SSSR count). The van der Waals surface area contributed by atoms with E-state index in [9.17, 15) is 4.79 Å². The van der Waals surface area contributed by atoms with Crippen LogP contribution in [-0.2, 0) is 0 Å². The van der Waals surface area contributed by atoms with E-state index in [4.69, 9.17) is 0 Å². The molecular formula is C15H21NO. The van der Waals surface area contributed by atoms with E-state index in [1.54, 1.807) is 0 Å². The molecule has 0 saturated carbocycles. The van der Waals surface area contributed by atoms with E-state index < -0.39 is 0 Å². The number of Topliss-reactive ketones (excluding diaryl/α,β-unsaturated/α-hetero) is 1. The van der Waals surface area contributed by atoms with Gasteiger partial charge in [-0.05, 0) is 45.2 Å². The van der Waals surface area contributed by atoms with Crippen LogP contribution in [0.5, 0.6) is 0 Å². The summed E-state index contributed by atoms with van der Waals surface area (Å²) < 4.78 is 0. The molecule has 1 unspecified atom stereocenters. The van der Waals surface area contributed by atoms with Crippen LogP contribution in [0.3, 0.4) is 0 Å². The average molecular weight is 231 g/mol. The fraction of sp³-hybridized carbons (Fsp3) is 0.533. The first kappa shape index (κ1) is 12.3. The van der Waals surface area contributed by atoms with Gasteiger partial charge >= 0.3 is 0 Å². The molecule has 0 aromatic heterocycles. The van der Waals surface area contributed by atoms with E-state index in [2.05, 4.69) is 5.32 Å². The van der Waals surface area contributed by atoms with Gasteiger partial charge in [0.25, 0.3) is 0 Å². The van der Waals surface area contributed by atoms with Crippen molar-refractivity contribution in [2.45, 2.75) is 32.6 Å². The molecule has 0 spiro atoms. The maximum absolute atomic E-state index is 12.1. The van der Waals surface area contributed by atoms with Gasteiger partial charge in [0.15, 0.2) is 5.78 Å². The van der Waals surface area contributed by atoms with Crippen molar-refractivity contribution in [2.24, 2.45) is 5.92 Å². The molecule has 2 heteroatoms. The van der Waals surface area contributed by atoms with Crippen molar-refractivity contribution in [2.75, 3.05) is 13.1 Å². The summed E-state index contributed by atoms with van der Waals surface area (Å²) in [6.45, 7) is 4.21. The van der Waals surface area contributed by atoms with E-state index in [1.807, 2.05) is 31.2 Å². The van der Waals surface area contributed by atoms with Crippen molar-refractivity contribution in [3.63, 3.8) is 0 Å². The third kappa shape index (κ3) is 3.67. The topological polar surface area (TPSA) is 29.1 Å². The predicted molar refractivity (Wildman–Crippen MR) is 70.3 cm³/mol. The Morgan fingerprint density at radius 2 is 2.00 bits per heavy atom. The van der Waals surface area contributed by atoms with Crippen LogP contribution in [0.4, 0.5) is 0 Å². The quantitative estimate of drug-likeness (QED) is 0.810. The first-order valence-electron chi connectivity index (χ1n) is 6.56. The maximum Gasteiger partial charge on any atom is 0.163 e. The smallest absolute Gasteiger partial charge is 0.163 e. The third-order valence-electron chi connectivity index (χ3n) is 3.54. The number of hydrogen-bond acceptors (Lipinski definition) is 2. The Kier molecular flexibility index (Phi) is 4.32. The van der Waals surface area contributed by atoms with Gasteiger partial charge in [-0.15, -0.1) is 0 Å². The molecular weight excluding hydrogens is 210 g/mol. The summed E-state index contributed by atoms with van der Waals surface area (Å²) in [6.07, 6.45) is 4.23. The van der Waals surface area contributed by atoms with Crippen molar-refractivity contribution in [3.8, 4) is 0 Å². The average Bonchev–Trinajstić information content (AvgIpc) is 2.58. The minimum Gasteiger partial charge on any atom is -0.317 e. The monoisotopic (exact) mass is 231 g/mol. The zero-order valence-electron chi connectivity index (χ0n) is 10.5. The standard InChI is InChI=1S/C15H21NO/c1-12-4-6-14(7-5-12)15(17)11-13-3-2-9-16-10-8-13/h4-7,13,16H,2-3,8-11H2,1H3. The number of benzene rings is 1.